The van der Waals surface area contributed by atoms with Crippen molar-refractivity contribution < 1.29 is 14.2 Å². The standard InChI is InChI=1S/C22H30O3/c1-3-24-21-13-5-9-19(17-21)11-7-15-23-16-8-12-20-10-6-14-22(18-20)25-4-2/h5-6,9-10,13-14,17-18H,3-4,7-8,11-12,15-16H2,1-2H3. The van der Waals surface area contributed by atoms with E-state index in [4.69, 9.17) is 14.2 Å². The van der Waals surface area contributed by atoms with Crippen LogP contribution in [0.1, 0.15) is 37.8 Å². The van der Waals surface area contributed by atoms with Crippen molar-refractivity contribution in [2.75, 3.05) is 26.4 Å². The molecule has 0 atom stereocenters. The highest BCUT2D eigenvalue weighted by molar-refractivity contribution is 5.29. The van der Waals surface area contributed by atoms with Gasteiger partial charge in [-0.25, -0.2) is 0 Å². The molecule has 3 nitrogen and oxygen atoms in total. The predicted octanol–water partition coefficient (Wildman–Crippen LogP) is 5.07. The molecule has 0 N–H and O–H groups in total. The minimum absolute atomic E-state index is 0.708. The van der Waals surface area contributed by atoms with E-state index in [9.17, 15) is 0 Å². The zero-order valence-electron chi connectivity index (χ0n) is 15.5. The van der Waals surface area contributed by atoms with Crippen LogP contribution in [0.4, 0.5) is 0 Å². The van der Waals surface area contributed by atoms with Crippen molar-refractivity contribution >= 4 is 0 Å². The maximum atomic E-state index is 5.77. The molecule has 0 unspecified atom stereocenters. The van der Waals surface area contributed by atoms with E-state index in [0.29, 0.717) is 13.2 Å². The van der Waals surface area contributed by atoms with Gasteiger partial charge in [0.15, 0.2) is 0 Å². The lowest BCUT2D eigenvalue weighted by Crippen LogP contribution is -2.01. The van der Waals surface area contributed by atoms with Crippen LogP contribution in [0.2, 0.25) is 0 Å². The monoisotopic (exact) mass is 342 g/mol. The summed E-state index contributed by atoms with van der Waals surface area (Å²) in [5.74, 6) is 1.91. The second kappa shape index (κ2) is 11.5. The van der Waals surface area contributed by atoms with Gasteiger partial charge in [0.1, 0.15) is 11.5 Å². The third-order valence-corrected chi connectivity index (χ3v) is 3.93. The average molecular weight is 342 g/mol. The molecule has 25 heavy (non-hydrogen) atoms. The van der Waals surface area contributed by atoms with Crippen LogP contribution in [0.5, 0.6) is 11.5 Å². The predicted molar refractivity (Wildman–Crippen MR) is 103 cm³/mol. The molecule has 0 spiro atoms. The molecule has 0 aromatic heterocycles. The lowest BCUT2D eigenvalue weighted by Gasteiger charge is -2.08. The average Bonchev–Trinajstić information content (AvgIpc) is 2.62. The van der Waals surface area contributed by atoms with Crippen LogP contribution in [0, 0.1) is 0 Å². The molecule has 0 saturated carbocycles. The molecule has 2 aromatic carbocycles. The van der Waals surface area contributed by atoms with Crippen LogP contribution >= 0.6 is 0 Å². The van der Waals surface area contributed by atoms with Gasteiger partial charge in [-0.15, -0.1) is 0 Å². The third kappa shape index (κ3) is 7.61. The van der Waals surface area contributed by atoms with Gasteiger partial charge in [0.2, 0.25) is 0 Å². The van der Waals surface area contributed by atoms with E-state index >= 15 is 0 Å². The fraction of sp³-hybridized carbons (Fsp3) is 0.455. The molecule has 0 bridgehead atoms. The number of benzene rings is 2. The lowest BCUT2D eigenvalue weighted by molar-refractivity contribution is 0.130. The molecule has 0 aliphatic carbocycles. The Kier molecular flexibility index (Phi) is 8.92. The number of hydrogen-bond donors (Lipinski definition) is 0. The van der Waals surface area contributed by atoms with Gasteiger partial charge in [0.05, 0.1) is 13.2 Å². The van der Waals surface area contributed by atoms with E-state index in [0.717, 1.165) is 50.4 Å². The van der Waals surface area contributed by atoms with Crippen molar-refractivity contribution in [1.82, 2.24) is 0 Å². The van der Waals surface area contributed by atoms with Gasteiger partial charge >= 0.3 is 0 Å². The second-order valence-corrected chi connectivity index (χ2v) is 5.98. The zero-order chi connectivity index (χ0) is 17.7. The largest absolute Gasteiger partial charge is 0.494 e. The molecule has 0 aliphatic heterocycles. The fourth-order valence-corrected chi connectivity index (χ4v) is 2.77. The summed E-state index contributed by atoms with van der Waals surface area (Å²) in [6.45, 7) is 7.04. The van der Waals surface area contributed by atoms with Gasteiger partial charge in [-0.05, 0) is 74.9 Å². The van der Waals surface area contributed by atoms with Crippen LogP contribution in [0.15, 0.2) is 48.5 Å². The highest BCUT2D eigenvalue weighted by atomic mass is 16.5. The van der Waals surface area contributed by atoms with Gasteiger partial charge in [0, 0.05) is 13.2 Å². The Morgan fingerprint density at radius 1 is 0.680 bits per heavy atom. The zero-order valence-corrected chi connectivity index (χ0v) is 15.5. The van der Waals surface area contributed by atoms with Gasteiger partial charge in [-0.2, -0.15) is 0 Å². The van der Waals surface area contributed by atoms with Crippen LogP contribution in [-0.4, -0.2) is 26.4 Å². The minimum Gasteiger partial charge on any atom is -0.494 e. The van der Waals surface area contributed by atoms with E-state index in [2.05, 4.69) is 36.4 Å². The molecule has 0 saturated heterocycles. The highest BCUT2D eigenvalue weighted by Gasteiger charge is 1.99. The summed E-state index contributed by atoms with van der Waals surface area (Å²) >= 11 is 0. The first-order valence-corrected chi connectivity index (χ1v) is 9.33. The molecule has 0 amide bonds. The van der Waals surface area contributed by atoms with Gasteiger partial charge in [0.25, 0.3) is 0 Å². The SMILES string of the molecule is CCOc1cccc(CCCOCCCc2cccc(OCC)c2)c1. The normalized spacial score (nSPS) is 10.6. The number of rotatable bonds is 12. The van der Waals surface area contributed by atoms with Crippen molar-refractivity contribution in [2.24, 2.45) is 0 Å². The Morgan fingerprint density at radius 3 is 1.60 bits per heavy atom. The van der Waals surface area contributed by atoms with E-state index < -0.39 is 0 Å². The first kappa shape index (κ1) is 19.3. The summed E-state index contributed by atoms with van der Waals surface area (Å²) in [5.41, 5.74) is 2.62. The minimum atomic E-state index is 0.708. The van der Waals surface area contributed by atoms with Crippen molar-refractivity contribution in [3.05, 3.63) is 59.7 Å². The second-order valence-electron chi connectivity index (χ2n) is 5.98. The van der Waals surface area contributed by atoms with Gasteiger partial charge in [-0.1, -0.05) is 24.3 Å². The third-order valence-electron chi connectivity index (χ3n) is 3.93. The van der Waals surface area contributed by atoms with Crippen molar-refractivity contribution in [1.29, 1.82) is 0 Å². The van der Waals surface area contributed by atoms with E-state index in [1.165, 1.54) is 11.1 Å². The molecule has 3 heteroatoms. The van der Waals surface area contributed by atoms with Crippen molar-refractivity contribution in [3.63, 3.8) is 0 Å². The molecule has 0 aliphatic rings. The van der Waals surface area contributed by atoms with Crippen LogP contribution in [-0.2, 0) is 17.6 Å². The Bertz CT molecular complexity index is 556. The molecular weight excluding hydrogens is 312 g/mol. The topological polar surface area (TPSA) is 27.7 Å². The highest BCUT2D eigenvalue weighted by Crippen LogP contribution is 2.15. The van der Waals surface area contributed by atoms with E-state index in [1.807, 2.05) is 26.0 Å². The Morgan fingerprint density at radius 2 is 1.16 bits per heavy atom. The summed E-state index contributed by atoms with van der Waals surface area (Å²) in [4.78, 5) is 0. The maximum absolute atomic E-state index is 5.77. The summed E-state index contributed by atoms with van der Waals surface area (Å²) in [6, 6.07) is 16.6. The van der Waals surface area contributed by atoms with Crippen molar-refractivity contribution in [2.45, 2.75) is 39.5 Å². The lowest BCUT2D eigenvalue weighted by atomic mass is 10.1. The summed E-state index contributed by atoms with van der Waals surface area (Å²) in [5, 5.41) is 0. The van der Waals surface area contributed by atoms with E-state index in [-0.39, 0.29) is 0 Å². The Hall–Kier alpha value is -2.00. The van der Waals surface area contributed by atoms with Gasteiger partial charge in [-0.3, -0.25) is 0 Å². The molecular formula is C22H30O3. The molecule has 0 fully saturated rings. The quantitative estimate of drug-likeness (QED) is 0.504. The fourth-order valence-electron chi connectivity index (χ4n) is 2.77. The summed E-state index contributed by atoms with van der Waals surface area (Å²) in [7, 11) is 0. The smallest absolute Gasteiger partial charge is 0.119 e. The molecule has 0 heterocycles. The van der Waals surface area contributed by atoms with E-state index in [1.54, 1.807) is 0 Å². The Labute approximate surface area is 151 Å². The first-order chi connectivity index (χ1) is 12.3. The van der Waals surface area contributed by atoms with Gasteiger partial charge < -0.3 is 14.2 Å². The number of aryl methyl sites for hydroxylation is 2. The molecule has 136 valence electrons. The molecule has 0 radical (unpaired) electrons. The van der Waals surface area contributed by atoms with Crippen LogP contribution in [0.25, 0.3) is 0 Å². The number of hydrogen-bond acceptors (Lipinski definition) is 3. The number of ether oxygens (including phenoxy) is 3. The molecule has 2 rings (SSSR count). The maximum Gasteiger partial charge on any atom is 0.119 e. The van der Waals surface area contributed by atoms with Crippen LogP contribution in [0.3, 0.4) is 0 Å². The molecule has 2 aromatic rings. The first-order valence-electron chi connectivity index (χ1n) is 9.33. The summed E-state index contributed by atoms with van der Waals surface area (Å²) < 4.78 is 16.8. The van der Waals surface area contributed by atoms with Crippen LogP contribution < -0.4 is 9.47 Å². The Balaban J connectivity index is 1.57. The summed E-state index contributed by atoms with van der Waals surface area (Å²) in [6.07, 6.45) is 4.12. The van der Waals surface area contributed by atoms with Crippen molar-refractivity contribution in [3.8, 4) is 11.5 Å².